The Balaban J connectivity index is 4.29. The molecule has 0 aliphatic rings. The number of rotatable bonds is 10. The van der Waals surface area contributed by atoms with Crippen LogP contribution in [0.4, 0.5) is 0 Å². The highest BCUT2D eigenvalue weighted by Crippen LogP contribution is 2.40. The van der Waals surface area contributed by atoms with Crippen LogP contribution in [0.25, 0.3) is 0 Å². The second kappa shape index (κ2) is 12.2. The summed E-state index contributed by atoms with van der Waals surface area (Å²) < 4.78 is 0. The fourth-order valence-corrected chi connectivity index (χ4v) is 8.84. The van der Waals surface area contributed by atoms with Gasteiger partial charge < -0.3 is 5.11 Å². The van der Waals surface area contributed by atoms with Gasteiger partial charge in [0.1, 0.15) is 8.07 Å². The number of hydrogen-bond acceptors (Lipinski definition) is 1. The van der Waals surface area contributed by atoms with Crippen LogP contribution in [0.15, 0.2) is 0 Å². The molecule has 0 radical (unpaired) electrons. The monoisotopic (exact) mass is 348 g/mol. The molecule has 1 N–H and O–H groups in total. The van der Waals surface area contributed by atoms with Gasteiger partial charge in [0, 0.05) is 12.8 Å². The van der Waals surface area contributed by atoms with Gasteiger partial charge in [0.15, 0.2) is 0 Å². The van der Waals surface area contributed by atoms with Crippen LogP contribution < -0.4 is 0 Å². The van der Waals surface area contributed by atoms with E-state index in [4.69, 9.17) is 5.11 Å². The Kier molecular flexibility index (Phi) is 11.6. The van der Waals surface area contributed by atoms with Crippen molar-refractivity contribution in [2.45, 2.75) is 103 Å². The lowest BCUT2D eigenvalue weighted by Crippen LogP contribution is -2.43. The summed E-state index contributed by atoms with van der Waals surface area (Å²) in [5.41, 5.74) is 5.57. The van der Waals surface area contributed by atoms with Gasteiger partial charge in [0.05, 0.1) is 0 Å². The highest BCUT2D eigenvalue weighted by Gasteiger charge is 2.41. The largest absolute Gasteiger partial charge is 0.481 e. The van der Waals surface area contributed by atoms with Crippen LogP contribution in [0.3, 0.4) is 0 Å². The van der Waals surface area contributed by atoms with E-state index in [0.717, 1.165) is 38.5 Å². The number of carboxylic acids is 1. The SMILES string of the molecule is CC(C)[Si](C#CC#CCCCCCCCC(=O)O)(C(C)C)C(C)C. The topological polar surface area (TPSA) is 37.3 Å². The molecule has 136 valence electrons. The van der Waals surface area contributed by atoms with Crippen molar-refractivity contribution in [1.82, 2.24) is 0 Å². The van der Waals surface area contributed by atoms with Crippen molar-refractivity contribution >= 4 is 14.0 Å². The predicted octanol–water partition coefficient (Wildman–Crippen LogP) is 6.03. The van der Waals surface area contributed by atoms with Crippen molar-refractivity contribution in [2.24, 2.45) is 0 Å². The number of carbonyl (C=O) groups is 1. The molecular formula is C21H36O2Si. The minimum atomic E-state index is -1.64. The normalized spacial score (nSPS) is 11.2. The second-order valence-electron chi connectivity index (χ2n) is 7.61. The van der Waals surface area contributed by atoms with E-state index in [-0.39, 0.29) is 0 Å². The van der Waals surface area contributed by atoms with Crippen LogP contribution in [-0.2, 0) is 4.79 Å². The van der Waals surface area contributed by atoms with Crippen molar-refractivity contribution in [3.8, 4) is 23.3 Å². The molecule has 0 unspecified atom stereocenters. The predicted molar refractivity (Wildman–Crippen MR) is 107 cm³/mol. The van der Waals surface area contributed by atoms with E-state index >= 15 is 0 Å². The first-order valence-electron chi connectivity index (χ1n) is 9.46. The smallest absolute Gasteiger partial charge is 0.303 e. The molecule has 24 heavy (non-hydrogen) atoms. The fraction of sp³-hybridized carbons (Fsp3) is 0.762. The van der Waals surface area contributed by atoms with E-state index in [1.54, 1.807) is 0 Å². The van der Waals surface area contributed by atoms with Crippen molar-refractivity contribution in [3.63, 3.8) is 0 Å². The molecule has 0 amide bonds. The van der Waals surface area contributed by atoms with Gasteiger partial charge >= 0.3 is 5.97 Å². The van der Waals surface area contributed by atoms with E-state index in [1.165, 1.54) is 0 Å². The van der Waals surface area contributed by atoms with Crippen molar-refractivity contribution in [2.75, 3.05) is 0 Å². The van der Waals surface area contributed by atoms with Crippen LogP contribution in [0.1, 0.15) is 86.5 Å². The third-order valence-corrected chi connectivity index (χ3v) is 11.3. The average Bonchev–Trinajstić information content (AvgIpc) is 2.47. The molecule has 0 aromatic carbocycles. The summed E-state index contributed by atoms with van der Waals surface area (Å²) in [4.78, 5) is 10.4. The van der Waals surface area contributed by atoms with Gasteiger partial charge in [-0.3, -0.25) is 4.79 Å². The highest BCUT2D eigenvalue weighted by atomic mass is 28.3. The lowest BCUT2D eigenvalue weighted by Gasteiger charge is -2.37. The quantitative estimate of drug-likeness (QED) is 0.297. The van der Waals surface area contributed by atoms with Crippen LogP contribution in [0.2, 0.25) is 16.6 Å². The van der Waals surface area contributed by atoms with Gasteiger partial charge in [-0.25, -0.2) is 0 Å². The van der Waals surface area contributed by atoms with E-state index in [0.29, 0.717) is 23.0 Å². The van der Waals surface area contributed by atoms with E-state index in [1.807, 2.05) is 0 Å². The van der Waals surface area contributed by atoms with Gasteiger partial charge in [0.25, 0.3) is 0 Å². The zero-order chi connectivity index (χ0) is 18.6. The van der Waals surface area contributed by atoms with Crippen molar-refractivity contribution in [3.05, 3.63) is 0 Å². The summed E-state index contributed by atoms with van der Waals surface area (Å²) in [6, 6.07) is 0. The number of aliphatic carboxylic acids is 1. The summed E-state index contributed by atoms with van der Waals surface area (Å²) in [5.74, 6) is 8.74. The Labute approximate surface area is 150 Å². The minimum absolute atomic E-state index is 0.294. The fourth-order valence-electron chi connectivity index (χ4n) is 3.70. The van der Waals surface area contributed by atoms with Crippen LogP contribution in [0, 0.1) is 23.3 Å². The van der Waals surface area contributed by atoms with Gasteiger partial charge in [0.2, 0.25) is 0 Å². The second-order valence-corrected chi connectivity index (χ2v) is 13.2. The third kappa shape index (κ3) is 8.07. The maximum atomic E-state index is 10.4. The minimum Gasteiger partial charge on any atom is -0.481 e. The summed E-state index contributed by atoms with van der Waals surface area (Å²) in [7, 11) is -1.64. The van der Waals surface area contributed by atoms with Crippen LogP contribution in [0.5, 0.6) is 0 Å². The number of carboxylic acid groups (broad SMARTS) is 1. The molecule has 0 spiro atoms. The molecule has 2 nitrogen and oxygen atoms in total. The Morgan fingerprint density at radius 2 is 1.33 bits per heavy atom. The van der Waals surface area contributed by atoms with Gasteiger partial charge in [-0.15, -0.1) is 5.54 Å². The van der Waals surface area contributed by atoms with Crippen molar-refractivity contribution in [1.29, 1.82) is 0 Å². The Hall–Kier alpha value is -1.19. The Morgan fingerprint density at radius 3 is 1.83 bits per heavy atom. The molecule has 3 heteroatoms. The summed E-state index contributed by atoms with van der Waals surface area (Å²) in [5, 5.41) is 8.57. The van der Waals surface area contributed by atoms with Gasteiger partial charge in [-0.2, -0.15) is 0 Å². The first-order valence-corrected chi connectivity index (χ1v) is 11.7. The Morgan fingerprint density at radius 1 is 0.833 bits per heavy atom. The maximum absolute atomic E-state index is 10.4. The van der Waals surface area contributed by atoms with E-state index in [9.17, 15) is 4.79 Å². The van der Waals surface area contributed by atoms with Gasteiger partial charge in [-0.05, 0) is 41.3 Å². The molecule has 0 fully saturated rings. The summed E-state index contributed by atoms with van der Waals surface area (Å²) in [6.45, 7) is 13.9. The summed E-state index contributed by atoms with van der Waals surface area (Å²) >= 11 is 0. The maximum Gasteiger partial charge on any atom is 0.303 e. The van der Waals surface area contributed by atoms with E-state index < -0.39 is 14.0 Å². The molecule has 0 aromatic rings. The first kappa shape index (κ1) is 22.8. The van der Waals surface area contributed by atoms with Crippen LogP contribution in [-0.4, -0.2) is 19.1 Å². The van der Waals surface area contributed by atoms with Crippen molar-refractivity contribution < 1.29 is 9.90 Å². The molecule has 0 atom stereocenters. The average molecular weight is 349 g/mol. The third-order valence-electron chi connectivity index (χ3n) is 4.99. The molecule has 0 saturated carbocycles. The van der Waals surface area contributed by atoms with Gasteiger partial charge in [-0.1, -0.05) is 66.7 Å². The zero-order valence-electron chi connectivity index (χ0n) is 16.5. The molecule has 0 bridgehead atoms. The molecule has 0 rings (SSSR count). The van der Waals surface area contributed by atoms with E-state index in [2.05, 4.69) is 64.8 Å². The standard InChI is InChI=1S/C21H36O2Si/c1-18(2)24(19(3)4,20(5)6)17-15-13-11-9-7-8-10-12-14-16-21(22)23/h18-20H,7-10,12,14,16H2,1-6H3,(H,22,23). The number of unbranched alkanes of at least 4 members (excludes halogenated alkanes) is 5. The molecule has 0 heterocycles. The molecule has 0 aliphatic carbocycles. The number of hydrogen-bond donors (Lipinski definition) is 1. The lowest BCUT2D eigenvalue weighted by atomic mass is 10.1. The Bertz CT molecular complexity index is 462. The highest BCUT2D eigenvalue weighted by molar-refractivity contribution is 6.90. The molecule has 0 aromatic heterocycles. The summed E-state index contributed by atoms with van der Waals surface area (Å²) in [6.07, 6.45) is 6.30. The lowest BCUT2D eigenvalue weighted by molar-refractivity contribution is -0.137. The molecular weight excluding hydrogens is 312 g/mol. The van der Waals surface area contributed by atoms with Crippen LogP contribution >= 0.6 is 0 Å². The molecule has 0 saturated heterocycles. The zero-order valence-corrected chi connectivity index (χ0v) is 17.5. The molecule has 0 aliphatic heterocycles. The first-order chi connectivity index (χ1) is 11.2.